The number of hydrogen-bond acceptors (Lipinski definition) is 6. The number of thiophene rings is 2. The molecule has 0 saturated heterocycles. The molecule has 0 fully saturated rings. The first-order valence-electron chi connectivity index (χ1n) is 13.6. The molecule has 0 unspecified atom stereocenters. The molecule has 0 saturated carbocycles. The monoisotopic (exact) mass is 565 g/mol. The van der Waals surface area contributed by atoms with Crippen molar-refractivity contribution in [2.75, 3.05) is 0 Å². The van der Waals surface area contributed by atoms with Crippen LogP contribution in [0.3, 0.4) is 0 Å². The van der Waals surface area contributed by atoms with Crippen molar-refractivity contribution in [2.45, 2.75) is 13.3 Å². The number of nitrogens with zero attached hydrogens (tertiary/aromatic N) is 3. The molecule has 4 nitrogen and oxygen atoms in total. The Morgan fingerprint density at radius 1 is 0.561 bits per heavy atom. The fourth-order valence-corrected chi connectivity index (χ4v) is 7.83. The van der Waals surface area contributed by atoms with Gasteiger partial charge in [0.2, 0.25) is 0 Å². The number of hydrogen-bond donors (Lipinski definition) is 0. The van der Waals surface area contributed by atoms with Crippen LogP contribution in [0.4, 0.5) is 0 Å². The van der Waals surface area contributed by atoms with Crippen molar-refractivity contribution in [3.8, 4) is 41.9 Å². The largest absolute Gasteiger partial charge is 0.249 e. The molecule has 8 aromatic rings. The smallest absolute Gasteiger partial charge is 0.163 e. The maximum Gasteiger partial charge on any atom is 0.163 e. The van der Waals surface area contributed by atoms with E-state index in [4.69, 9.17) is 9.61 Å². The highest BCUT2D eigenvalue weighted by molar-refractivity contribution is 7.19. The second-order valence-electron chi connectivity index (χ2n) is 9.98. The van der Waals surface area contributed by atoms with Crippen LogP contribution in [0.1, 0.15) is 12.6 Å². The third-order valence-electron chi connectivity index (χ3n) is 7.62. The van der Waals surface area contributed by atoms with Crippen molar-refractivity contribution in [1.29, 1.82) is 0 Å². The van der Waals surface area contributed by atoms with E-state index in [2.05, 4.69) is 126 Å². The molecule has 4 aromatic carbocycles. The number of pyridine rings is 1. The Bertz CT molecular complexity index is 2210. The highest BCUT2D eigenvalue weighted by Crippen LogP contribution is 2.44. The second kappa shape index (κ2) is 9.77. The van der Waals surface area contributed by atoms with Crippen molar-refractivity contribution in [3.63, 3.8) is 0 Å². The summed E-state index contributed by atoms with van der Waals surface area (Å²) < 4.78 is 5.36. The van der Waals surface area contributed by atoms with Gasteiger partial charge >= 0.3 is 0 Å². The standard InChI is InChI=1S/C35H23N3OS2/c1-2-27-32(30-19-17-28(40-30)25-15-7-11-21-9-3-5-13-23(21)25)34-35(38-39-37-34)33(36-27)31-20-18-29(41-31)26-16-8-12-22-10-4-6-14-24(22)26/h3-20H,2H2,1H3. The van der Waals surface area contributed by atoms with E-state index in [1.54, 1.807) is 22.7 Å². The molecule has 0 aliphatic heterocycles. The molecule has 0 radical (unpaired) electrons. The number of fused-ring (bicyclic) bond motifs is 3. The summed E-state index contributed by atoms with van der Waals surface area (Å²) in [6.45, 7) is 2.14. The molecule has 0 aliphatic carbocycles. The van der Waals surface area contributed by atoms with Gasteiger partial charge in [0, 0.05) is 20.2 Å². The molecule has 0 amide bonds. The highest BCUT2D eigenvalue weighted by atomic mass is 32.1. The Morgan fingerprint density at radius 3 is 1.76 bits per heavy atom. The van der Waals surface area contributed by atoms with Crippen molar-refractivity contribution >= 4 is 55.3 Å². The van der Waals surface area contributed by atoms with Crippen molar-refractivity contribution in [2.24, 2.45) is 0 Å². The lowest BCUT2D eigenvalue weighted by molar-refractivity contribution is 0.315. The van der Waals surface area contributed by atoms with Gasteiger partial charge in [-0.05, 0) is 73.7 Å². The third-order valence-corrected chi connectivity index (χ3v) is 9.88. The number of rotatable bonds is 5. The van der Waals surface area contributed by atoms with E-state index in [1.165, 1.54) is 42.4 Å². The number of benzene rings is 4. The molecule has 0 atom stereocenters. The fraction of sp³-hybridized carbons (Fsp3) is 0.0571. The Morgan fingerprint density at radius 2 is 1.10 bits per heavy atom. The van der Waals surface area contributed by atoms with E-state index in [-0.39, 0.29) is 0 Å². The van der Waals surface area contributed by atoms with Gasteiger partial charge in [-0.2, -0.15) is 0 Å². The van der Waals surface area contributed by atoms with Crippen molar-refractivity contribution in [1.82, 2.24) is 15.3 Å². The molecule has 6 heteroatoms. The summed E-state index contributed by atoms with van der Waals surface area (Å²) in [7, 11) is 0. The molecule has 41 heavy (non-hydrogen) atoms. The number of aryl methyl sites for hydroxylation is 1. The first-order valence-corrected chi connectivity index (χ1v) is 15.2. The van der Waals surface area contributed by atoms with Gasteiger partial charge in [0.1, 0.15) is 11.2 Å². The lowest BCUT2D eigenvalue weighted by Gasteiger charge is -2.09. The minimum absolute atomic E-state index is 0.698. The van der Waals surface area contributed by atoms with Gasteiger partial charge in [-0.1, -0.05) is 91.9 Å². The van der Waals surface area contributed by atoms with Crippen molar-refractivity contribution in [3.05, 3.63) is 115 Å². The van der Waals surface area contributed by atoms with Crippen LogP contribution in [0.5, 0.6) is 0 Å². The lowest BCUT2D eigenvalue weighted by Crippen LogP contribution is -1.96. The summed E-state index contributed by atoms with van der Waals surface area (Å²) in [5, 5.41) is 13.7. The Balaban J connectivity index is 1.25. The van der Waals surface area contributed by atoms with Crippen LogP contribution in [0.15, 0.2) is 114 Å². The fourth-order valence-electron chi connectivity index (χ4n) is 5.68. The zero-order valence-corrected chi connectivity index (χ0v) is 23.8. The molecule has 196 valence electrons. The molecule has 0 aliphatic rings. The predicted molar refractivity (Wildman–Crippen MR) is 171 cm³/mol. The average molecular weight is 566 g/mol. The first kappa shape index (κ1) is 24.2. The summed E-state index contributed by atoms with van der Waals surface area (Å²) >= 11 is 3.49. The summed E-state index contributed by atoms with van der Waals surface area (Å²) in [4.78, 5) is 9.78. The van der Waals surface area contributed by atoms with Crippen LogP contribution < -0.4 is 0 Å². The van der Waals surface area contributed by atoms with E-state index in [9.17, 15) is 0 Å². The Hall–Kier alpha value is -4.65. The molecule has 8 rings (SSSR count). The first-order chi connectivity index (χ1) is 20.3. The Labute approximate surface area is 244 Å². The van der Waals surface area contributed by atoms with Gasteiger partial charge in [-0.25, -0.2) is 9.61 Å². The second-order valence-corrected chi connectivity index (χ2v) is 12.1. The van der Waals surface area contributed by atoms with Crippen LogP contribution in [-0.4, -0.2) is 15.3 Å². The van der Waals surface area contributed by atoms with E-state index in [1.807, 2.05) is 0 Å². The molecule has 0 bridgehead atoms. The zero-order chi connectivity index (χ0) is 27.3. The van der Waals surface area contributed by atoms with Gasteiger partial charge in [0.05, 0.1) is 10.6 Å². The quantitative estimate of drug-likeness (QED) is 0.208. The van der Waals surface area contributed by atoms with Crippen LogP contribution >= 0.6 is 22.7 Å². The van der Waals surface area contributed by atoms with E-state index < -0.39 is 0 Å². The molecule has 0 spiro atoms. The minimum atomic E-state index is 0.698. The van der Waals surface area contributed by atoms with Crippen LogP contribution in [0.2, 0.25) is 0 Å². The summed E-state index contributed by atoms with van der Waals surface area (Å²) in [6.07, 6.45) is 0.772. The Kier molecular flexibility index (Phi) is 5.76. The summed E-state index contributed by atoms with van der Waals surface area (Å²) in [6, 6.07) is 38.7. The van der Waals surface area contributed by atoms with E-state index >= 15 is 0 Å². The molecule has 0 N–H and O–H groups in total. The third kappa shape index (κ3) is 3.98. The zero-order valence-electron chi connectivity index (χ0n) is 22.2. The van der Waals surface area contributed by atoms with Gasteiger partial charge in [0.15, 0.2) is 5.52 Å². The minimum Gasteiger partial charge on any atom is -0.249 e. The van der Waals surface area contributed by atoms with Crippen LogP contribution in [0.25, 0.3) is 74.5 Å². The maximum absolute atomic E-state index is 5.36. The number of aromatic nitrogens is 3. The topological polar surface area (TPSA) is 51.8 Å². The molecular formula is C35H23N3OS2. The van der Waals surface area contributed by atoms with E-state index in [0.29, 0.717) is 5.52 Å². The van der Waals surface area contributed by atoms with Crippen LogP contribution in [0, 0.1) is 0 Å². The lowest BCUT2D eigenvalue weighted by atomic mass is 10.0. The molecular weight excluding hydrogens is 543 g/mol. The molecule has 4 aromatic heterocycles. The van der Waals surface area contributed by atoms with Gasteiger partial charge in [0.25, 0.3) is 0 Å². The van der Waals surface area contributed by atoms with Gasteiger partial charge < -0.3 is 0 Å². The predicted octanol–water partition coefficient (Wildman–Crippen LogP) is 10.3. The summed E-state index contributed by atoms with van der Waals surface area (Å²) in [5.74, 6) is 0. The van der Waals surface area contributed by atoms with Gasteiger partial charge in [-0.15, -0.1) is 22.7 Å². The molecule has 4 heterocycles. The van der Waals surface area contributed by atoms with Gasteiger partial charge in [-0.3, -0.25) is 0 Å². The van der Waals surface area contributed by atoms with Crippen LogP contribution in [-0.2, 0) is 6.42 Å². The SMILES string of the molecule is CCc1nc(-c2ccc(-c3cccc4ccccc34)s2)c2nonc2c1-c1ccc(-c2cccc3ccccc23)s1. The highest BCUT2D eigenvalue weighted by Gasteiger charge is 2.23. The summed E-state index contributed by atoms with van der Waals surface area (Å²) in [5.41, 5.74) is 6.74. The average Bonchev–Trinajstić information content (AvgIpc) is 3.81. The maximum atomic E-state index is 5.36. The normalized spacial score (nSPS) is 11.6. The van der Waals surface area contributed by atoms with Crippen molar-refractivity contribution < 1.29 is 4.63 Å². The van der Waals surface area contributed by atoms with E-state index in [0.717, 1.165) is 38.6 Å².